The van der Waals surface area contributed by atoms with Crippen LogP contribution in [0.5, 0.6) is 0 Å². The summed E-state index contributed by atoms with van der Waals surface area (Å²) in [6, 6.07) is 11.0. The minimum atomic E-state index is 0.243. The molecule has 0 spiro atoms. The molecule has 1 atom stereocenters. The molecule has 0 radical (unpaired) electrons. The van der Waals surface area contributed by atoms with E-state index >= 15 is 0 Å². The van der Waals surface area contributed by atoms with Crippen LogP contribution in [0.25, 0.3) is 0 Å². The molecule has 88 valence electrons. The highest BCUT2D eigenvalue weighted by Crippen LogP contribution is 2.23. The van der Waals surface area contributed by atoms with Crippen molar-refractivity contribution in [1.29, 1.82) is 0 Å². The molecule has 0 aliphatic carbocycles. The number of hydrogen-bond donors (Lipinski definition) is 1. The maximum absolute atomic E-state index is 9.09. The van der Waals surface area contributed by atoms with Gasteiger partial charge in [-0.25, -0.2) is 0 Å². The molecule has 0 amide bonds. The second-order valence-electron chi connectivity index (χ2n) is 4.45. The summed E-state index contributed by atoms with van der Waals surface area (Å²) >= 11 is 0. The fraction of sp³-hybridized carbons (Fsp3) is 0.538. The van der Waals surface area contributed by atoms with Gasteiger partial charge in [0.05, 0.1) is 6.61 Å². The van der Waals surface area contributed by atoms with E-state index in [0.29, 0.717) is 6.04 Å². The van der Waals surface area contributed by atoms with Gasteiger partial charge in [-0.1, -0.05) is 30.3 Å². The zero-order chi connectivity index (χ0) is 11.4. The highest BCUT2D eigenvalue weighted by molar-refractivity contribution is 5.20. The zero-order valence-electron chi connectivity index (χ0n) is 9.84. The highest BCUT2D eigenvalue weighted by Gasteiger charge is 2.25. The Hall–Kier alpha value is -0.900. The van der Waals surface area contributed by atoms with Gasteiger partial charge in [-0.05, 0) is 12.6 Å². The van der Waals surface area contributed by atoms with Crippen LogP contribution in [-0.4, -0.2) is 54.7 Å². The molecule has 0 saturated carbocycles. The summed E-state index contributed by atoms with van der Waals surface area (Å²) in [6.45, 7) is 4.18. The maximum atomic E-state index is 9.09. The Bertz CT molecular complexity index is 315. The third-order valence-corrected chi connectivity index (χ3v) is 3.27. The van der Waals surface area contributed by atoms with E-state index in [1.165, 1.54) is 5.56 Å². The van der Waals surface area contributed by atoms with Crippen LogP contribution in [-0.2, 0) is 0 Å². The summed E-state index contributed by atoms with van der Waals surface area (Å²) in [4.78, 5) is 4.72. The molecule has 1 aromatic rings. The number of β-amino-alcohol motifs (C(OH)–C–C–N with tert-alkyl or cyclic N) is 1. The Kier molecular flexibility index (Phi) is 3.93. The number of hydrogen-bond acceptors (Lipinski definition) is 3. The predicted molar refractivity (Wildman–Crippen MR) is 65.3 cm³/mol. The Labute approximate surface area is 97.3 Å². The van der Waals surface area contributed by atoms with E-state index in [0.717, 1.165) is 26.2 Å². The summed E-state index contributed by atoms with van der Waals surface area (Å²) in [6.07, 6.45) is 0. The largest absolute Gasteiger partial charge is 0.395 e. The molecule has 0 bridgehead atoms. The second kappa shape index (κ2) is 5.43. The van der Waals surface area contributed by atoms with Crippen LogP contribution in [0, 0.1) is 0 Å². The molecule has 0 aromatic heterocycles. The topological polar surface area (TPSA) is 26.7 Å². The van der Waals surface area contributed by atoms with Crippen LogP contribution >= 0.6 is 0 Å². The number of nitrogens with zero attached hydrogens (tertiary/aromatic N) is 2. The molecule has 3 nitrogen and oxygen atoms in total. The monoisotopic (exact) mass is 220 g/mol. The van der Waals surface area contributed by atoms with Crippen LogP contribution in [0.2, 0.25) is 0 Å². The molecular weight excluding hydrogens is 200 g/mol. The number of likely N-dealkylation sites (N-methyl/N-ethyl adjacent to an activating group) is 1. The van der Waals surface area contributed by atoms with Crippen molar-refractivity contribution in [2.24, 2.45) is 0 Å². The lowest BCUT2D eigenvalue weighted by Crippen LogP contribution is -2.47. The molecule has 1 fully saturated rings. The van der Waals surface area contributed by atoms with E-state index < -0.39 is 0 Å². The van der Waals surface area contributed by atoms with Gasteiger partial charge in [0.15, 0.2) is 0 Å². The van der Waals surface area contributed by atoms with Crippen molar-refractivity contribution < 1.29 is 5.11 Å². The molecule has 1 heterocycles. The molecule has 1 aliphatic rings. The molecule has 1 aliphatic heterocycles. The number of rotatable bonds is 3. The number of aliphatic hydroxyl groups excluding tert-OH is 1. The summed E-state index contributed by atoms with van der Waals surface area (Å²) in [7, 11) is 2.16. The Balaban J connectivity index is 2.14. The first-order valence-corrected chi connectivity index (χ1v) is 5.89. The standard InChI is InChI=1S/C13H20N2O/c1-14-7-8-15(9-10-16)13(11-14)12-5-3-2-4-6-12/h2-6,13,16H,7-11H2,1H3. The number of piperazine rings is 1. The first kappa shape index (κ1) is 11.6. The van der Waals surface area contributed by atoms with E-state index in [4.69, 9.17) is 5.11 Å². The molecule has 1 aromatic carbocycles. The van der Waals surface area contributed by atoms with Gasteiger partial charge < -0.3 is 10.0 Å². The van der Waals surface area contributed by atoms with Gasteiger partial charge in [-0.15, -0.1) is 0 Å². The molecule has 3 heteroatoms. The van der Waals surface area contributed by atoms with Crippen LogP contribution < -0.4 is 0 Å². The Morgan fingerprint density at radius 1 is 1.25 bits per heavy atom. The van der Waals surface area contributed by atoms with Gasteiger partial charge in [-0.3, -0.25) is 4.90 Å². The number of benzene rings is 1. The Morgan fingerprint density at radius 2 is 2.00 bits per heavy atom. The van der Waals surface area contributed by atoms with Crippen LogP contribution in [0.15, 0.2) is 30.3 Å². The van der Waals surface area contributed by atoms with Crippen molar-refractivity contribution in [1.82, 2.24) is 9.80 Å². The predicted octanol–water partition coefficient (Wildman–Crippen LogP) is 0.967. The average Bonchev–Trinajstić information content (AvgIpc) is 2.33. The normalized spacial score (nSPS) is 23.5. The van der Waals surface area contributed by atoms with Crippen molar-refractivity contribution >= 4 is 0 Å². The van der Waals surface area contributed by atoms with Crippen molar-refractivity contribution in [2.45, 2.75) is 6.04 Å². The molecule has 16 heavy (non-hydrogen) atoms. The summed E-state index contributed by atoms with van der Waals surface area (Å²) in [5, 5.41) is 9.09. The highest BCUT2D eigenvalue weighted by atomic mass is 16.3. The second-order valence-corrected chi connectivity index (χ2v) is 4.45. The zero-order valence-corrected chi connectivity index (χ0v) is 9.84. The van der Waals surface area contributed by atoms with Gasteiger partial charge in [0, 0.05) is 32.2 Å². The molecular formula is C13H20N2O. The van der Waals surface area contributed by atoms with Gasteiger partial charge in [0.1, 0.15) is 0 Å². The van der Waals surface area contributed by atoms with Gasteiger partial charge in [0.25, 0.3) is 0 Å². The lowest BCUT2D eigenvalue weighted by atomic mass is 10.0. The van der Waals surface area contributed by atoms with E-state index in [1.54, 1.807) is 0 Å². The summed E-state index contributed by atoms with van der Waals surface area (Å²) in [5.74, 6) is 0. The van der Waals surface area contributed by atoms with E-state index in [2.05, 4.69) is 41.1 Å². The minimum absolute atomic E-state index is 0.243. The third-order valence-electron chi connectivity index (χ3n) is 3.27. The summed E-state index contributed by atoms with van der Waals surface area (Å²) < 4.78 is 0. The van der Waals surface area contributed by atoms with E-state index in [-0.39, 0.29) is 6.61 Å². The SMILES string of the molecule is CN1CCN(CCO)C(c2ccccc2)C1. The molecule has 1 N–H and O–H groups in total. The van der Waals surface area contributed by atoms with Crippen molar-refractivity contribution in [3.05, 3.63) is 35.9 Å². The average molecular weight is 220 g/mol. The first-order chi connectivity index (χ1) is 7.81. The minimum Gasteiger partial charge on any atom is -0.395 e. The van der Waals surface area contributed by atoms with Crippen LogP contribution in [0.4, 0.5) is 0 Å². The first-order valence-electron chi connectivity index (χ1n) is 5.89. The molecule has 2 rings (SSSR count). The Morgan fingerprint density at radius 3 is 2.69 bits per heavy atom. The fourth-order valence-electron chi connectivity index (χ4n) is 2.34. The van der Waals surface area contributed by atoms with Gasteiger partial charge in [0.2, 0.25) is 0 Å². The van der Waals surface area contributed by atoms with Crippen molar-refractivity contribution in [3.63, 3.8) is 0 Å². The summed E-state index contributed by atoms with van der Waals surface area (Å²) in [5.41, 5.74) is 1.35. The van der Waals surface area contributed by atoms with Crippen molar-refractivity contribution in [3.8, 4) is 0 Å². The van der Waals surface area contributed by atoms with E-state index in [1.807, 2.05) is 6.07 Å². The fourth-order valence-corrected chi connectivity index (χ4v) is 2.34. The van der Waals surface area contributed by atoms with Gasteiger partial charge >= 0.3 is 0 Å². The number of aliphatic hydroxyl groups is 1. The van der Waals surface area contributed by atoms with Gasteiger partial charge in [-0.2, -0.15) is 0 Å². The van der Waals surface area contributed by atoms with Crippen LogP contribution in [0.1, 0.15) is 11.6 Å². The molecule has 1 unspecified atom stereocenters. The molecule has 1 saturated heterocycles. The lowest BCUT2D eigenvalue weighted by molar-refractivity contribution is 0.0727. The third kappa shape index (κ3) is 2.61. The smallest absolute Gasteiger partial charge is 0.0558 e. The van der Waals surface area contributed by atoms with Crippen molar-refractivity contribution in [2.75, 3.05) is 39.8 Å². The van der Waals surface area contributed by atoms with E-state index in [9.17, 15) is 0 Å². The lowest BCUT2D eigenvalue weighted by Gasteiger charge is -2.40. The maximum Gasteiger partial charge on any atom is 0.0558 e. The quantitative estimate of drug-likeness (QED) is 0.822. The van der Waals surface area contributed by atoms with Crippen LogP contribution in [0.3, 0.4) is 0 Å².